The number of hydrogen-bond donors (Lipinski definition) is 1. The third kappa shape index (κ3) is 6.47. The number of pyridine rings is 1. The molecule has 2 fully saturated rings. The minimum absolute atomic E-state index is 0.0191. The van der Waals surface area contributed by atoms with Crippen molar-refractivity contribution in [3.8, 4) is 0 Å². The molecule has 1 spiro atoms. The molecular weight excluding hydrogens is 443 g/mol. The number of alkyl halides is 3. The zero-order chi connectivity index (χ0) is 24.1. The number of anilines is 1. The van der Waals surface area contributed by atoms with Crippen molar-refractivity contribution >= 4 is 17.6 Å². The molecular formula is C22H26F3N3O5. The van der Waals surface area contributed by atoms with Gasteiger partial charge in [0.1, 0.15) is 5.76 Å². The van der Waals surface area contributed by atoms with Gasteiger partial charge < -0.3 is 24.1 Å². The van der Waals surface area contributed by atoms with Crippen LogP contribution in [0.2, 0.25) is 0 Å². The monoisotopic (exact) mass is 469 g/mol. The molecule has 4 heterocycles. The zero-order valence-electron chi connectivity index (χ0n) is 18.2. The lowest BCUT2D eigenvalue weighted by molar-refractivity contribution is -0.192. The highest BCUT2D eigenvalue weighted by Gasteiger charge is 2.41. The fraction of sp³-hybridized carbons (Fsp3) is 0.500. The van der Waals surface area contributed by atoms with Crippen molar-refractivity contribution in [3.63, 3.8) is 0 Å². The van der Waals surface area contributed by atoms with E-state index in [2.05, 4.69) is 16.0 Å². The Bertz CT molecular complexity index is 950. The van der Waals surface area contributed by atoms with Crippen molar-refractivity contribution in [1.29, 1.82) is 0 Å². The summed E-state index contributed by atoms with van der Waals surface area (Å²) in [6.07, 6.45) is 0.650. The highest BCUT2D eigenvalue weighted by molar-refractivity contribution is 5.91. The number of likely N-dealkylation sites (tertiary alicyclic amines) is 1. The van der Waals surface area contributed by atoms with Crippen LogP contribution in [0.15, 0.2) is 41.1 Å². The van der Waals surface area contributed by atoms with Crippen LogP contribution in [-0.4, -0.2) is 72.4 Å². The van der Waals surface area contributed by atoms with Gasteiger partial charge >= 0.3 is 12.1 Å². The van der Waals surface area contributed by atoms with Gasteiger partial charge in [0, 0.05) is 37.8 Å². The number of carbonyl (C=O) groups is 2. The Balaban J connectivity index is 0.000000383. The summed E-state index contributed by atoms with van der Waals surface area (Å²) >= 11 is 0. The van der Waals surface area contributed by atoms with E-state index in [0.29, 0.717) is 25.5 Å². The van der Waals surface area contributed by atoms with Crippen molar-refractivity contribution in [3.05, 3.63) is 48.2 Å². The van der Waals surface area contributed by atoms with Crippen molar-refractivity contribution in [1.82, 2.24) is 9.88 Å². The van der Waals surface area contributed by atoms with E-state index < -0.39 is 12.1 Å². The van der Waals surface area contributed by atoms with Crippen LogP contribution >= 0.6 is 0 Å². The third-order valence-electron chi connectivity index (χ3n) is 5.59. The molecule has 0 saturated carbocycles. The summed E-state index contributed by atoms with van der Waals surface area (Å²) in [6, 6.07) is 7.66. The number of amides is 1. The molecule has 33 heavy (non-hydrogen) atoms. The van der Waals surface area contributed by atoms with E-state index in [-0.39, 0.29) is 11.3 Å². The fourth-order valence-corrected chi connectivity index (χ4v) is 4.09. The predicted octanol–water partition coefficient (Wildman–Crippen LogP) is 3.38. The number of rotatable bonds is 2. The predicted molar refractivity (Wildman–Crippen MR) is 112 cm³/mol. The second-order valence-corrected chi connectivity index (χ2v) is 8.23. The van der Waals surface area contributed by atoms with E-state index in [1.165, 1.54) is 0 Å². The quantitative estimate of drug-likeness (QED) is 0.720. The van der Waals surface area contributed by atoms with Gasteiger partial charge in [-0.3, -0.25) is 9.78 Å². The normalized spacial score (nSPS) is 21.2. The number of aryl methyl sites for hydroxylation is 1. The Kier molecular flexibility index (Phi) is 7.62. The maximum atomic E-state index is 12.8. The topological polar surface area (TPSA) is 96.1 Å². The molecule has 180 valence electrons. The summed E-state index contributed by atoms with van der Waals surface area (Å²) in [5.41, 5.74) is 1.06. The highest BCUT2D eigenvalue weighted by Crippen LogP contribution is 2.35. The molecule has 2 aliphatic heterocycles. The van der Waals surface area contributed by atoms with Crippen molar-refractivity contribution in [2.45, 2.75) is 25.9 Å². The van der Waals surface area contributed by atoms with Gasteiger partial charge in [0.15, 0.2) is 5.76 Å². The van der Waals surface area contributed by atoms with Gasteiger partial charge in [-0.2, -0.15) is 13.2 Å². The molecule has 1 N–H and O–H groups in total. The number of aromatic nitrogens is 1. The average molecular weight is 469 g/mol. The van der Waals surface area contributed by atoms with Crippen molar-refractivity contribution < 1.29 is 37.0 Å². The van der Waals surface area contributed by atoms with Gasteiger partial charge in [-0.25, -0.2) is 4.79 Å². The number of piperidine rings is 1. The first kappa shape index (κ1) is 24.6. The molecule has 2 aliphatic rings. The first-order valence-corrected chi connectivity index (χ1v) is 10.5. The molecule has 0 radical (unpaired) electrons. The molecule has 1 atom stereocenters. The number of nitrogens with zero attached hydrogens (tertiary/aromatic N) is 3. The van der Waals surface area contributed by atoms with Crippen LogP contribution in [0.25, 0.3) is 0 Å². The molecule has 1 amide bonds. The summed E-state index contributed by atoms with van der Waals surface area (Å²) in [6.45, 7) is 6.43. The van der Waals surface area contributed by atoms with Crippen LogP contribution in [0.3, 0.4) is 0 Å². The summed E-state index contributed by atoms with van der Waals surface area (Å²) in [5, 5.41) is 7.12. The van der Waals surface area contributed by atoms with Gasteiger partial charge in [-0.15, -0.1) is 0 Å². The van der Waals surface area contributed by atoms with Gasteiger partial charge in [0.05, 0.1) is 25.1 Å². The van der Waals surface area contributed by atoms with E-state index in [0.717, 1.165) is 43.9 Å². The smallest absolute Gasteiger partial charge is 0.475 e. The largest absolute Gasteiger partial charge is 0.490 e. The summed E-state index contributed by atoms with van der Waals surface area (Å²) in [7, 11) is 0. The van der Waals surface area contributed by atoms with Gasteiger partial charge in [-0.1, -0.05) is 0 Å². The Morgan fingerprint density at radius 1 is 1.18 bits per heavy atom. The van der Waals surface area contributed by atoms with Gasteiger partial charge in [0.2, 0.25) is 0 Å². The second-order valence-electron chi connectivity index (χ2n) is 8.23. The molecule has 0 aliphatic carbocycles. The van der Waals surface area contributed by atoms with Crippen molar-refractivity contribution in [2.24, 2.45) is 5.41 Å². The molecule has 8 nitrogen and oxygen atoms in total. The Morgan fingerprint density at radius 3 is 2.55 bits per heavy atom. The minimum atomic E-state index is -5.08. The number of carboxylic acids is 1. The SMILES string of the molecule is Cc1ccc(C(=O)N2CCCC3(COCCN(c4cccnc4)C3)C2)o1.O=C(O)C(F)(F)F. The van der Waals surface area contributed by atoms with Crippen molar-refractivity contribution in [2.75, 3.05) is 44.3 Å². The standard InChI is InChI=1S/C20H25N3O3.C2HF3O2/c1-16-5-6-18(26-16)19(24)23-9-3-7-20(14-23)13-22(10-11-25-15-20)17-4-2-8-21-12-17;3-2(4,5)1(6)7/h2,4-6,8,12H,3,7,9-11,13-15H2,1H3;(H,6,7). The molecule has 11 heteroatoms. The number of carboxylic acid groups (broad SMARTS) is 1. The first-order chi connectivity index (χ1) is 15.6. The number of hydrogen-bond acceptors (Lipinski definition) is 6. The molecule has 1 unspecified atom stereocenters. The lowest BCUT2D eigenvalue weighted by Gasteiger charge is -2.43. The third-order valence-corrected chi connectivity index (χ3v) is 5.59. The van der Waals surface area contributed by atoms with Crippen LogP contribution in [0.1, 0.15) is 29.2 Å². The zero-order valence-corrected chi connectivity index (χ0v) is 18.2. The van der Waals surface area contributed by atoms with Crippen LogP contribution in [0.4, 0.5) is 18.9 Å². The van der Waals surface area contributed by atoms with Crippen LogP contribution in [0, 0.1) is 12.3 Å². The minimum Gasteiger partial charge on any atom is -0.475 e. The van der Waals surface area contributed by atoms with Crippen LogP contribution in [-0.2, 0) is 9.53 Å². The highest BCUT2D eigenvalue weighted by atomic mass is 19.4. The van der Waals surface area contributed by atoms with E-state index in [9.17, 15) is 18.0 Å². The summed E-state index contributed by atoms with van der Waals surface area (Å²) < 4.78 is 43.2. The number of aliphatic carboxylic acids is 1. The number of carbonyl (C=O) groups excluding carboxylic acids is 1. The molecule has 0 bridgehead atoms. The van der Waals surface area contributed by atoms with Gasteiger partial charge in [-0.05, 0) is 44.0 Å². The fourth-order valence-electron chi connectivity index (χ4n) is 4.09. The first-order valence-electron chi connectivity index (χ1n) is 10.5. The molecule has 2 saturated heterocycles. The van der Waals surface area contributed by atoms with Crippen LogP contribution in [0.5, 0.6) is 0 Å². The second kappa shape index (κ2) is 10.2. The number of furan rings is 1. The maximum absolute atomic E-state index is 12.8. The molecule has 0 aromatic carbocycles. The Morgan fingerprint density at radius 2 is 1.94 bits per heavy atom. The van der Waals surface area contributed by atoms with E-state index in [1.807, 2.05) is 30.2 Å². The van der Waals surface area contributed by atoms with Crippen LogP contribution < -0.4 is 4.90 Å². The average Bonchev–Trinajstić information content (AvgIpc) is 3.12. The summed E-state index contributed by atoms with van der Waals surface area (Å²) in [5.74, 6) is -1.58. The molecule has 2 aromatic heterocycles. The number of halogens is 3. The molecule has 2 aromatic rings. The van der Waals surface area contributed by atoms with E-state index in [4.69, 9.17) is 19.1 Å². The molecule has 4 rings (SSSR count). The lowest BCUT2D eigenvalue weighted by Crippen LogP contribution is -2.52. The van der Waals surface area contributed by atoms with Gasteiger partial charge in [0.25, 0.3) is 5.91 Å². The Labute approximate surface area is 188 Å². The Hall–Kier alpha value is -3.08. The lowest BCUT2D eigenvalue weighted by atomic mass is 9.80. The van der Waals surface area contributed by atoms with E-state index >= 15 is 0 Å². The maximum Gasteiger partial charge on any atom is 0.490 e. The van der Waals surface area contributed by atoms with E-state index in [1.54, 1.807) is 12.3 Å². The number of ether oxygens (including phenoxy) is 1. The summed E-state index contributed by atoms with van der Waals surface area (Å²) in [4.78, 5) is 30.3.